The van der Waals surface area contributed by atoms with Crippen LogP contribution in [0.3, 0.4) is 0 Å². The second-order valence-corrected chi connectivity index (χ2v) is 8.18. The van der Waals surface area contributed by atoms with Crippen molar-refractivity contribution in [2.75, 3.05) is 24.7 Å². The number of nitrogens with one attached hydrogen (secondary N) is 3. The molecule has 0 radical (unpaired) electrons. The molecule has 3 N–H and O–H groups in total. The van der Waals surface area contributed by atoms with Crippen molar-refractivity contribution >= 4 is 27.5 Å². The highest BCUT2D eigenvalue weighted by Gasteiger charge is 2.13. The van der Waals surface area contributed by atoms with E-state index in [1.54, 1.807) is 12.1 Å². The van der Waals surface area contributed by atoms with Crippen molar-refractivity contribution in [3.05, 3.63) is 53.6 Å². The number of carbonyl (C=O) groups excluding carboxylic acids is 2. The monoisotopic (exact) mass is 435 g/mol. The van der Waals surface area contributed by atoms with Gasteiger partial charge >= 0.3 is 0 Å². The summed E-state index contributed by atoms with van der Waals surface area (Å²) in [5, 5.41) is 0. The van der Waals surface area contributed by atoms with Crippen LogP contribution in [0.5, 0.6) is 11.5 Å². The summed E-state index contributed by atoms with van der Waals surface area (Å²) < 4.78 is 35.8. The van der Waals surface area contributed by atoms with Crippen LogP contribution in [-0.2, 0) is 10.0 Å². The molecule has 2 rings (SSSR count). The maximum atomic E-state index is 12.4. The summed E-state index contributed by atoms with van der Waals surface area (Å²) >= 11 is 0. The van der Waals surface area contributed by atoms with Gasteiger partial charge in [-0.25, -0.2) is 8.42 Å². The molecule has 0 atom stereocenters. The average molecular weight is 436 g/mol. The number of amides is 2. The maximum Gasteiger partial charge on any atom is 0.269 e. The fraction of sp³-hybridized carbons (Fsp3) is 0.300. The van der Waals surface area contributed by atoms with Crippen LogP contribution in [-0.4, -0.2) is 40.2 Å². The minimum atomic E-state index is -3.47. The first-order chi connectivity index (χ1) is 14.2. The Hall–Kier alpha value is -3.27. The second-order valence-electron chi connectivity index (χ2n) is 6.43. The number of unbranched alkanes of at least 4 members (excludes halogenated alkanes) is 1. The van der Waals surface area contributed by atoms with Crippen molar-refractivity contribution in [2.24, 2.45) is 0 Å². The van der Waals surface area contributed by atoms with Crippen molar-refractivity contribution in [2.45, 2.75) is 19.8 Å². The van der Waals surface area contributed by atoms with E-state index in [4.69, 9.17) is 9.47 Å². The Labute approximate surface area is 175 Å². The Morgan fingerprint density at radius 2 is 1.63 bits per heavy atom. The van der Waals surface area contributed by atoms with Gasteiger partial charge < -0.3 is 9.47 Å². The summed E-state index contributed by atoms with van der Waals surface area (Å²) in [4.78, 5) is 24.6. The summed E-state index contributed by atoms with van der Waals surface area (Å²) in [7, 11) is -2.00. The van der Waals surface area contributed by atoms with Crippen molar-refractivity contribution in [1.82, 2.24) is 10.9 Å². The molecular formula is C20H25N3O6S. The summed E-state index contributed by atoms with van der Waals surface area (Å²) in [5.74, 6) is -0.217. The molecule has 0 aromatic heterocycles. The van der Waals surface area contributed by atoms with E-state index in [-0.39, 0.29) is 16.8 Å². The van der Waals surface area contributed by atoms with Crippen LogP contribution in [0.15, 0.2) is 42.5 Å². The van der Waals surface area contributed by atoms with Crippen LogP contribution >= 0.6 is 0 Å². The minimum Gasteiger partial charge on any atom is -0.493 e. The number of benzene rings is 2. The minimum absolute atomic E-state index is 0.168. The third-order valence-electron chi connectivity index (χ3n) is 3.90. The quantitative estimate of drug-likeness (QED) is 0.410. The highest BCUT2D eigenvalue weighted by atomic mass is 32.2. The zero-order valence-electron chi connectivity index (χ0n) is 17.0. The van der Waals surface area contributed by atoms with E-state index in [1.165, 1.54) is 37.4 Å². The number of rotatable bonds is 9. The Bertz CT molecular complexity index is 1010. The van der Waals surface area contributed by atoms with Crippen LogP contribution in [0.2, 0.25) is 0 Å². The lowest BCUT2D eigenvalue weighted by atomic mass is 10.2. The van der Waals surface area contributed by atoms with Crippen LogP contribution in [0.25, 0.3) is 0 Å². The molecule has 0 aliphatic heterocycles. The lowest BCUT2D eigenvalue weighted by Gasteiger charge is -2.12. The van der Waals surface area contributed by atoms with Gasteiger partial charge in [0.15, 0.2) is 11.5 Å². The lowest BCUT2D eigenvalue weighted by molar-refractivity contribution is 0.0846. The summed E-state index contributed by atoms with van der Waals surface area (Å²) in [6, 6.07) is 10.6. The number of ether oxygens (including phenoxy) is 2. The van der Waals surface area contributed by atoms with Gasteiger partial charge in [0, 0.05) is 16.8 Å². The molecule has 0 heterocycles. The Morgan fingerprint density at radius 1 is 0.967 bits per heavy atom. The maximum absolute atomic E-state index is 12.4. The number of carbonyl (C=O) groups is 2. The topological polar surface area (TPSA) is 123 Å². The molecule has 0 aliphatic carbocycles. The number of methoxy groups -OCH3 is 1. The average Bonchev–Trinajstić information content (AvgIpc) is 2.71. The zero-order chi connectivity index (χ0) is 22.1. The second kappa shape index (κ2) is 10.5. The highest BCUT2D eigenvalue weighted by Crippen LogP contribution is 2.28. The van der Waals surface area contributed by atoms with Gasteiger partial charge in [0.25, 0.3) is 11.8 Å². The SMILES string of the molecule is CCCCOc1ccc(C(=O)NNC(=O)c2cccc(NS(C)(=O)=O)c2)cc1OC. The molecule has 0 bridgehead atoms. The molecule has 0 unspecified atom stereocenters. The third-order valence-corrected chi connectivity index (χ3v) is 4.51. The predicted molar refractivity (Wildman–Crippen MR) is 113 cm³/mol. The summed E-state index contributed by atoms with van der Waals surface area (Å²) in [5.41, 5.74) is 5.28. The van der Waals surface area contributed by atoms with Crippen LogP contribution in [0, 0.1) is 0 Å². The molecular weight excluding hydrogens is 410 g/mol. The van der Waals surface area contributed by atoms with Gasteiger partial charge in [-0.15, -0.1) is 0 Å². The van der Waals surface area contributed by atoms with Crippen LogP contribution in [0.4, 0.5) is 5.69 Å². The van der Waals surface area contributed by atoms with Gasteiger partial charge in [0.05, 0.1) is 20.0 Å². The lowest BCUT2D eigenvalue weighted by Crippen LogP contribution is -2.41. The molecule has 10 heteroatoms. The Kier molecular flexibility index (Phi) is 8.05. The molecule has 2 aromatic rings. The van der Waals surface area contributed by atoms with Gasteiger partial charge in [-0.3, -0.25) is 25.2 Å². The molecule has 0 aliphatic rings. The van der Waals surface area contributed by atoms with Crippen molar-refractivity contribution < 1.29 is 27.5 Å². The van der Waals surface area contributed by atoms with Crippen LogP contribution < -0.4 is 25.0 Å². The molecule has 0 fully saturated rings. The Balaban J connectivity index is 2.01. The third kappa shape index (κ3) is 6.96. The number of hydrogen-bond acceptors (Lipinski definition) is 6. The molecule has 0 spiro atoms. The van der Waals surface area contributed by atoms with E-state index in [9.17, 15) is 18.0 Å². The standard InChI is InChI=1S/C20H25N3O6S/c1-4-5-11-29-17-10-9-15(13-18(17)28-2)20(25)22-21-19(24)14-7-6-8-16(12-14)23-30(3,26)27/h6-10,12-13,23H,4-5,11H2,1-3H3,(H,21,24)(H,22,25). The molecule has 2 amide bonds. The van der Waals surface area contributed by atoms with E-state index in [1.807, 2.05) is 0 Å². The van der Waals surface area contributed by atoms with Crippen molar-refractivity contribution in [3.63, 3.8) is 0 Å². The highest BCUT2D eigenvalue weighted by molar-refractivity contribution is 7.92. The summed E-state index contributed by atoms with van der Waals surface area (Å²) in [6.07, 6.45) is 2.91. The molecule has 0 saturated heterocycles. The van der Waals surface area contributed by atoms with E-state index in [0.717, 1.165) is 19.1 Å². The first-order valence-corrected chi connectivity index (χ1v) is 11.1. The first-order valence-electron chi connectivity index (χ1n) is 9.23. The largest absolute Gasteiger partial charge is 0.493 e. The number of hydrazine groups is 1. The van der Waals surface area contributed by atoms with E-state index >= 15 is 0 Å². The smallest absolute Gasteiger partial charge is 0.269 e. The van der Waals surface area contributed by atoms with Gasteiger partial charge in [0.1, 0.15) is 0 Å². The van der Waals surface area contributed by atoms with Crippen molar-refractivity contribution in [3.8, 4) is 11.5 Å². The first kappa shape index (κ1) is 23.0. The molecule has 0 saturated carbocycles. The predicted octanol–water partition coefficient (Wildman–Crippen LogP) is 2.32. The fourth-order valence-corrected chi connectivity index (χ4v) is 3.01. The van der Waals surface area contributed by atoms with E-state index < -0.39 is 21.8 Å². The van der Waals surface area contributed by atoms with Crippen LogP contribution in [0.1, 0.15) is 40.5 Å². The number of anilines is 1. The van der Waals surface area contributed by atoms with Gasteiger partial charge in [0.2, 0.25) is 10.0 Å². The van der Waals surface area contributed by atoms with Gasteiger partial charge in [-0.1, -0.05) is 19.4 Å². The molecule has 162 valence electrons. The molecule has 2 aromatic carbocycles. The molecule has 30 heavy (non-hydrogen) atoms. The van der Waals surface area contributed by atoms with E-state index in [0.29, 0.717) is 18.1 Å². The number of sulfonamides is 1. The Morgan fingerprint density at radius 3 is 2.23 bits per heavy atom. The van der Waals surface area contributed by atoms with E-state index in [2.05, 4.69) is 22.5 Å². The number of hydrogen-bond donors (Lipinski definition) is 3. The van der Waals surface area contributed by atoms with Crippen molar-refractivity contribution in [1.29, 1.82) is 0 Å². The van der Waals surface area contributed by atoms with Gasteiger partial charge in [-0.2, -0.15) is 0 Å². The fourth-order valence-electron chi connectivity index (χ4n) is 2.45. The summed E-state index contributed by atoms with van der Waals surface area (Å²) in [6.45, 7) is 2.60. The van der Waals surface area contributed by atoms with Gasteiger partial charge in [-0.05, 0) is 42.8 Å². The normalized spacial score (nSPS) is 10.8. The zero-order valence-corrected chi connectivity index (χ0v) is 17.8. The molecule has 9 nitrogen and oxygen atoms in total.